The van der Waals surface area contributed by atoms with Gasteiger partial charge in [0.25, 0.3) is 0 Å². The van der Waals surface area contributed by atoms with Crippen molar-refractivity contribution < 1.29 is 9.53 Å². The van der Waals surface area contributed by atoms with Crippen molar-refractivity contribution in [3.8, 4) is 11.3 Å². The SMILES string of the molecule is O=C1OCCN1c1cc(-c2ccnc(Nc3cccc(Cl)c3)n2)ccn1. The summed E-state index contributed by atoms with van der Waals surface area (Å²) in [6.45, 7) is 0.854. The number of benzene rings is 1. The number of carbonyl (C=O) groups is 1. The first-order chi connectivity index (χ1) is 12.7. The number of ether oxygens (including phenoxy) is 1. The molecule has 4 rings (SSSR count). The number of aromatic nitrogens is 3. The molecule has 0 aliphatic carbocycles. The van der Waals surface area contributed by atoms with Crippen LogP contribution in [0.4, 0.5) is 22.2 Å². The Morgan fingerprint density at radius 3 is 2.81 bits per heavy atom. The van der Waals surface area contributed by atoms with Crippen LogP contribution in [-0.2, 0) is 4.74 Å². The fourth-order valence-electron chi connectivity index (χ4n) is 2.60. The molecule has 1 N–H and O–H groups in total. The van der Waals surface area contributed by atoms with Crippen molar-refractivity contribution in [2.75, 3.05) is 23.4 Å². The monoisotopic (exact) mass is 367 g/mol. The number of rotatable bonds is 4. The third-order valence-corrected chi connectivity index (χ3v) is 4.05. The van der Waals surface area contributed by atoms with E-state index in [4.69, 9.17) is 16.3 Å². The van der Waals surface area contributed by atoms with Crippen LogP contribution >= 0.6 is 11.6 Å². The molecule has 0 atom stereocenters. The molecule has 0 spiro atoms. The van der Waals surface area contributed by atoms with E-state index in [0.29, 0.717) is 35.6 Å². The lowest BCUT2D eigenvalue weighted by Gasteiger charge is -2.12. The Bertz CT molecular complexity index is 966. The lowest BCUT2D eigenvalue weighted by atomic mass is 10.2. The van der Waals surface area contributed by atoms with Crippen molar-refractivity contribution in [3.63, 3.8) is 0 Å². The highest BCUT2D eigenvalue weighted by Crippen LogP contribution is 2.24. The maximum Gasteiger partial charge on any atom is 0.415 e. The van der Waals surface area contributed by atoms with E-state index in [1.807, 2.05) is 18.2 Å². The first kappa shape index (κ1) is 16.3. The zero-order valence-corrected chi connectivity index (χ0v) is 14.3. The summed E-state index contributed by atoms with van der Waals surface area (Å²) in [5.74, 6) is 0.983. The second-order valence-electron chi connectivity index (χ2n) is 5.57. The van der Waals surface area contributed by atoms with Gasteiger partial charge in [0, 0.05) is 28.7 Å². The van der Waals surface area contributed by atoms with Gasteiger partial charge in [-0.05, 0) is 36.4 Å². The Morgan fingerprint density at radius 1 is 1.12 bits per heavy atom. The van der Waals surface area contributed by atoms with Gasteiger partial charge in [0.15, 0.2) is 0 Å². The van der Waals surface area contributed by atoms with Gasteiger partial charge >= 0.3 is 6.09 Å². The molecule has 3 aromatic rings. The smallest absolute Gasteiger partial charge is 0.415 e. The van der Waals surface area contributed by atoms with Crippen LogP contribution < -0.4 is 10.2 Å². The highest BCUT2D eigenvalue weighted by molar-refractivity contribution is 6.30. The Balaban J connectivity index is 1.61. The van der Waals surface area contributed by atoms with E-state index in [1.165, 1.54) is 4.90 Å². The lowest BCUT2D eigenvalue weighted by Crippen LogP contribution is -2.24. The average molecular weight is 368 g/mol. The van der Waals surface area contributed by atoms with Gasteiger partial charge in [-0.3, -0.25) is 4.90 Å². The highest BCUT2D eigenvalue weighted by atomic mass is 35.5. The fraction of sp³-hybridized carbons (Fsp3) is 0.111. The van der Waals surface area contributed by atoms with Gasteiger partial charge in [-0.25, -0.2) is 19.7 Å². The minimum atomic E-state index is -0.388. The number of halogens is 1. The van der Waals surface area contributed by atoms with E-state index in [-0.39, 0.29) is 6.09 Å². The molecule has 1 aliphatic rings. The van der Waals surface area contributed by atoms with Gasteiger partial charge in [0.2, 0.25) is 5.95 Å². The predicted octanol–water partition coefficient (Wildman–Crippen LogP) is 3.89. The molecular weight excluding hydrogens is 354 g/mol. The van der Waals surface area contributed by atoms with Crippen molar-refractivity contribution in [2.45, 2.75) is 0 Å². The highest BCUT2D eigenvalue weighted by Gasteiger charge is 2.24. The number of amides is 1. The topological polar surface area (TPSA) is 80.2 Å². The maximum atomic E-state index is 11.7. The molecule has 1 saturated heterocycles. The minimum Gasteiger partial charge on any atom is -0.447 e. The van der Waals surface area contributed by atoms with Gasteiger partial charge in [0.1, 0.15) is 12.4 Å². The van der Waals surface area contributed by atoms with Gasteiger partial charge in [0.05, 0.1) is 12.2 Å². The molecule has 1 aromatic carbocycles. The zero-order valence-electron chi connectivity index (χ0n) is 13.6. The lowest BCUT2D eigenvalue weighted by molar-refractivity contribution is 0.181. The second kappa shape index (κ2) is 6.97. The van der Waals surface area contributed by atoms with E-state index < -0.39 is 0 Å². The predicted molar refractivity (Wildman–Crippen MR) is 98.7 cm³/mol. The summed E-state index contributed by atoms with van der Waals surface area (Å²) in [5, 5.41) is 3.75. The first-order valence-electron chi connectivity index (χ1n) is 7.95. The van der Waals surface area contributed by atoms with Crippen LogP contribution in [0.3, 0.4) is 0 Å². The fourth-order valence-corrected chi connectivity index (χ4v) is 2.79. The molecule has 7 nitrogen and oxygen atoms in total. The standard InChI is InChI=1S/C18H14ClN5O2/c19-13-2-1-3-14(11-13)22-17-21-7-5-15(23-17)12-4-6-20-16(10-12)24-8-9-26-18(24)25/h1-7,10-11H,8-9H2,(H,21,22,23). The molecule has 1 fully saturated rings. The molecule has 0 saturated carbocycles. The average Bonchev–Trinajstić information content (AvgIpc) is 3.08. The van der Waals surface area contributed by atoms with E-state index in [1.54, 1.807) is 36.7 Å². The van der Waals surface area contributed by atoms with Crippen LogP contribution in [0.25, 0.3) is 11.3 Å². The molecule has 1 aliphatic heterocycles. The zero-order chi connectivity index (χ0) is 17.9. The van der Waals surface area contributed by atoms with Crippen LogP contribution in [0.15, 0.2) is 54.9 Å². The third kappa shape index (κ3) is 3.43. The Labute approximate surface area is 154 Å². The van der Waals surface area contributed by atoms with Crippen LogP contribution in [0.2, 0.25) is 5.02 Å². The molecule has 3 heterocycles. The molecule has 130 valence electrons. The number of pyridine rings is 1. The molecular formula is C18H14ClN5O2. The van der Waals surface area contributed by atoms with Gasteiger partial charge in [-0.1, -0.05) is 17.7 Å². The van der Waals surface area contributed by atoms with Crippen molar-refractivity contribution in [2.24, 2.45) is 0 Å². The number of hydrogen-bond acceptors (Lipinski definition) is 6. The molecule has 0 bridgehead atoms. The van der Waals surface area contributed by atoms with Gasteiger partial charge < -0.3 is 10.1 Å². The Morgan fingerprint density at radius 2 is 2.00 bits per heavy atom. The summed E-state index contributed by atoms with van der Waals surface area (Å²) in [6.07, 6.45) is 2.92. The molecule has 8 heteroatoms. The van der Waals surface area contributed by atoms with Crippen LogP contribution in [0.1, 0.15) is 0 Å². The van der Waals surface area contributed by atoms with Gasteiger partial charge in [-0.15, -0.1) is 0 Å². The quantitative estimate of drug-likeness (QED) is 0.753. The van der Waals surface area contributed by atoms with E-state index in [9.17, 15) is 4.79 Å². The van der Waals surface area contributed by atoms with Crippen molar-refractivity contribution in [3.05, 3.63) is 59.9 Å². The number of carbonyl (C=O) groups excluding carboxylic acids is 1. The van der Waals surface area contributed by atoms with Crippen LogP contribution in [-0.4, -0.2) is 34.2 Å². The minimum absolute atomic E-state index is 0.367. The summed E-state index contributed by atoms with van der Waals surface area (Å²) < 4.78 is 4.96. The Kier molecular flexibility index (Phi) is 4.37. The molecule has 2 aromatic heterocycles. The summed E-state index contributed by atoms with van der Waals surface area (Å²) >= 11 is 6.00. The molecule has 1 amide bonds. The van der Waals surface area contributed by atoms with E-state index in [0.717, 1.165) is 11.3 Å². The molecule has 0 radical (unpaired) electrons. The van der Waals surface area contributed by atoms with Crippen LogP contribution in [0.5, 0.6) is 0 Å². The number of cyclic esters (lactones) is 1. The van der Waals surface area contributed by atoms with Crippen molar-refractivity contribution in [1.82, 2.24) is 15.0 Å². The van der Waals surface area contributed by atoms with Crippen LogP contribution in [0, 0.1) is 0 Å². The molecule has 26 heavy (non-hydrogen) atoms. The van der Waals surface area contributed by atoms with Crippen molar-refractivity contribution in [1.29, 1.82) is 0 Å². The second-order valence-corrected chi connectivity index (χ2v) is 6.01. The number of nitrogens with zero attached hydrogens (tertiary/aromatic N) is 4. The summed E-state index contributed by atoms with van der Waals surface area (Å²) in [5.41, 5.74) is 2.33. The summed E-state index contributed by atoms with van der Waals surface area (Å²) in [6, 6.07) is 12.7. The van der Waals surface area contributed by atoms with E-state index in [2.05, 4.69) is 20.3 Å². The summed E-state index contributed by atoms with van der Waals surface area (Å²) in [4.78, 5) is 26.2. The number of anilines is 3. The number of hydrogen-bond donors (Lipinski definition) is 1. The third-order valence-electron chi connectivity index (χ3n) is 3.81. The van der Waals surface area contributed by atoms with Crippen molar-refractivity contribution >= 4 is 35.1 Å². The Hall–Kier alpha value is -3.19. The first-order valence-corrected chi connectivity index (χ1v) is 8.33. The van der Waals surface area contributed by atoms with Gasteiger partial charge in [-0.2, -0.15) is 0 Å². The molecule has 0 unspecified atom stereocenters. The van der Waals surface area contributed by atoms with E-state index >= 15 is 0 Å². The number of nitrogens with one attached hydrogen (secondary N) is 1. The normalized spacial score (nSPS) is 13.6. The summed E-state index contributed by atoms with van der Waals surface area (Å²) in [7, 11) is 0. The largest absolute Gasteiger partial charge is 0.447 e. The maximum absolute atomic E-state index is 11.7.